The van der Waals surface area contributed by atoms with Gasteiger partial charge in [-0.25, -0.2) is 9.97 Å². The van der Waals surface area contributed by atoms with Gasteiger partial charge < -0.3 is 9.32 Å². The standard InChI is InChI=1S/C18H21N5O2S/c1-11-16(12(2)22-21-11)13(3)23(4)17(24)15-7-6-14(25-15)10-26-18-19-8-5-9-20-18/h5-9,13H,10H2,1-4H3,(H,21,22)/t13-/m0/s1. The molecule has 0 bridgehead atoms. The lowest BCUT2D eigenvalue weighted by Gasteiger charge is -2.24. The predicted molar refractivity (Wildman–Crippen MR) is 98.9 cm³/mol. The van der Waals surface area contributed by atoms with Crippen molar-refractivity contribution in [3.8, 4) is 0 Å². The zero-order valence-electron chi connectivity index (χ0n) is 15.2. The summed E-state index contributed by atoms with van der Waals surface area (Å²) in [6.45, 7) is 5.87. The number of nitrogens with zero attached hydrogens (tertiary/aromatic N) is 4. The van der Waals surface area contributed by atoms with E-state index in [-0.39, 0.29) is 11.9 Å². The molecule has 1 atom stereocenters. The number of furan rings is 1. The molecule has 0 spiro atoms. The van der Waals surface area contributed by atoms with E-state index in [1.807, 2.05) is 26.8 Å². The molecule has 0 saturated carbocycles. The van der Waals surface area contributed by atoms with Crippen molar-refractivity contribution in [1.29, 1.82) is 0 Å². The van der Waals surface area contributed by atoms with Crippen molar-refractivity contribution in [2.75, 3.05) is 7.05 Å². The second-order valence-electron chi connectivity index (χ2n) is 6.03. The van der Waals surface area contributed by atoms with Gasteiger partial charge in [-0.3, -0.25) is 9.89 Å². The summed E-state index contributed by atoms with van der Waals surface area (Å²) >= 11 is 1.46. The van der Waals surface area contributed by atoms with Crippen LogP contribution in [0.15, 0.2) is 40.2 Å². The van der Waals surface area contributed by atoms with E-state index in [4.69, 9.17) is 4.42 Å². The summed E-state index contributed by atoms with van der Waals surface area (Å²) in [4.78, 5) is 22.7. The number of nitrogens with one attached hydrogen (secondary N) is 1. The van der Waals surface area contributed by atoms with Crippen LogP contribution in [0.3, 0.4) is 0 Å². The molecule has 8 heteroatoms. The molecule has 0 aromatic carbocycles. The quantitative estimate of drug-likeness (QED) is 0.527. The molecule has 3 heterocycles. The zero-order valence-corrected chi connectivity index (χ0v) is 16.0. The first-order valence-corrected chi connectivity index (χ1v) is 9.23. The maximum absolute atomic E-state index is 12.8. The average molecular weight is 371 g/mol. The number of aryl methyl sites for hydroxylation is 2. The Morgan fingerprint density at radius 2 is 2.04 bits per heavy atom. The van der Waals surface area contributed by atoms with Crippen LogP contribution in [0.5, 0.6) is 0 Å². The third-order valence-electron chi connectivity index (χ3n) is 4.26. The Kier molecular flexibility index (Phi) is 5.41. The van der Waals surface area contributed by atoms with Crippen molar-refractivity contribution in [3.05, 3.63) is 59.1 Å². The highest BCUT2D eigenvalue weighted by Gasteiger charge is 2.25. The van der Waals surface area contributed by atoms with Crippen LogP contribution < -0.4 is 0 Å². The molecule has 26 heavy (non-hydrogen) atoms. The molecule has 0 unspecified atom stereocenters. The summed E-state index contributed by atoms with van der Waals surface area (Å²) in [5, 5.41) is 7.84. The second kappa shape index (κ2) is 7.74. The molecular weight excluding hydrogens is 350 g/mol. The lowest BCUT2D eigenvalue weighted by Crippen LogP contribution is -2.29. The fourth-order valence-electron chi connectivity index (χ4n) is 2.78. The van der Waals surface area contributed by atoms with Crippen molar-refractivity contribution in [1.82, 2.24) is 25.1 Å². The fraction of sp³-hybridized carbons (Fsp3) is 0.333. The minimum absolute atomic E-state index is 0.109. The largest absolute Gasteiger partial charge is 0.455 e. The van der Waals surface area contributed by atoms with Gasteiger partial charge in [0.15, 0.2) is 10.9 Å². The van der Waals surface area contributed by atoms with Crippen LogP contribution >= 0.6 is 11.8 Å². The third-order valence-corrected chi connectivity index (χ3v) is 5.16. The van der Waals surface area contributed by atoms with Gasteiger partial charge in [-0.05, 0) is 39.0 Å². The maximum atomic E-state index is 12.8. The number of aromatic amines is 1. The highest BCUT2D eigenvalue weighted by molar-refractivity contribution is 7.98. The molecule has 0 radical (unpaired) electrons. The first kappa shape index (κ1) is 18.2. The minimum Gasteiger partial charge on any atom is -0.455 e. The lowest BCUT2D eigenvalue weighted by atomic mass is 10.1. The van der Waals surface area contributed by atoms with Crippen molar-refractivity contribution in [3.63, 3.8) is 0 Å². The number of thioether (sulfide) groups is 1. The highest BCUT2D eigenvalue weighted by Crippen LogP contribution is 2.26. The molecule has 136 valence electrons. The molecule has 0 fully saturated rings. The number of carbonyl (C=O) groups is 1. The van der Waals surface area contributed by atoms with Crippen molar-refractivity contribution >= 4 is 17.7 Å². The monoisotopic (exact) mass is 371 g/mol. The Labute approximate surface area is 156 Å². The van der Waals surface area contributed by atoms with Gasteiger partial charge in [0.2, 0.25) is 0 Å². The molecule has 1 amide bonds. The van der Waals surface area contributed by atoms with Crippen LogP contribution in [0.4, 0.5) is 0 Å². The molecule has 0 aliphatic heterocycles. The van der Waals surface area contributed by atoms with Crippen molar-refractivity contribution in [2.45, 2.75) is 37.7 Å². The molecule has 3 aromatic rings. The molecule has 0 saturated heterocycles. The van der Waals surface area contributed by atoms with Crippen molar-refractivity contribution in [2.24, 2.45) is 0 Å². The van der Waals surface area contributed by atoms with E-state index < -0.39 is 0 Å². The first-order valence-electron chi connectivity index (χ1n) is 8.24. The van der Waals surface area contributed by atoms with Gasteiger partial charge in [-0.2, -0.15) is 5.10 Å². The molecule has 7 nitrogen and oxygen atoms in total. The van der Waals surface area contributed by atoms with Gasteiger partial charge in [-0.1, -0.05) is 11.8 Å². The van der Waals surface area contributed by atoms with E-state index in [1.54, 1.807) is 36.5 Å². The van der Waals surface area contributed by atoms with Gasteiger partial charge in [0.25, 0.3) is 5.91 Å². The van der Waals surface area contributed by atoms with E-state index in [0.717, 1.165) is 17.0 Å². The Balaban J connectivity index is 1.67. The van der Waals surface area contributed by atoms with E-state index in [1.165, 1.54) is 11.8 Å². The van der Waals surface area contributed by atoms with Crippen LogP contribution in [-0.2, 0) is 5.75 Å². The van der Waals surface area contributed by atoms with Gasteiger partial charge in [0.05, 0.1) is 17.5 Å². The maximum Gasteiger partial charge on any atom is 0.289 e. The van der Waals surface area contributed by atoms with Gasteiger partial charge >= 0.3 is 0 Å². The van der Waals surface area contributed by atoms with Gasteiger partial charge in [-0.15, -0.1) is 0 Å². The summed E-state index contributed by atoms with van der Waals surface area (Å²) in [7, 11) is 1.77. The number of carbonyl (C=O) groups excluding carboxylic acids is 1. The van der Waals surface area contributed by atoms with Crippen LogP contribution in [0.25, 0.3) is 0 Å². The summed E-state index contributed by atoms with van der Waals surface area (Å²) in [6.07, 6.45) is 3.39. The minimum atomic E-state index is -0.162. The fourth-order valence-corrected chi connectivity index (χ4v) is 3.48. The molecule has 3 rings (SSSR count). The van der Waals surface area contributed by atoms with E-state index in [2.05, 4.69) is 20.2 Å². The van der Waals surface area contributed by atoms with E-state index in [0.29, 0.717) is 22.4 Å². The Morgan fingerprint density at radius 3 is 2.69 bits per heavy atom. The molecular formula is C18H21N5O2S. The Morgan fingerprint density at radius 1 is 1.31 bits per heavy atom. The van der Waals surface area contributed by atoms with E-state index >= 15 is 0 Å². The Hall–Kier alpha value is -2.61. The number of hydrogen-bond donors (Lipinski definition) is 1. The first-order chi connectivity index (χ1) is 12.5. The summed E-state index contributed by atoms with van der Waals surface area (Å²) < 4.78 is 5.73. The summed E-state index contributed by atoms with van der Waals surface area (Å²) in [6, 6.07) is 5.19. The average Bonchev–Trinajstić information content (AvgIpc) is 3.26. The summed E-state index contributed by atoms with van der Waals surface area (Å²) in [5.74, 6) is 1.44. The topological polar surface area (TPSA) is 87.9 Å². The number of amides is 1. The molecule has 3 aromatic heterocycles. The Bertz CT molecular complexity index is 871. The van der Waals surface area contributed by atoms with Gasteiger partial charge in [0, 0.05) is 30.7 Å². The van der Waals surface area contributed by atoms with Gasteiger partial charge in [0.1, 0.15) is 5.76 Å². The third kappa shape index (κ3) is 3.80. The number of rotatable bonds is 6. The smallest absolute Gasteiger partial charge is 0.289 e. The second-order valence-corrected chi connectivity index (χ2v) is 6.97. The predicted octanol–water partition coefficient (Wildman–Crippen LogP) is 3.54. The number of hydrogen-bond acceptors (Lipinski definition) is 6. The van der Waals surface area contributed by atoms with E-state index in [9.17, 15) is 4.79 Å². The van der Waals surface area contributed by atoms with Crippen LogP contribution in [0.1, 0.15) is 46.2 Å². The molecule has 0 aliphatic rings. The summed E-state index contributed by atoms with van der Waals surface area (Å²) in [5.41, 5.74) is 2.90. The SMILES string of the molecule is Cc1n[nH]c(C)c1[C@H](C)N(C)C(=O)c1ccc(CSc2ncccn2)o1. The molecule has 1 N–H and O–H groups in total. The highest BCUT2D eigenvalue weighted by atomic mass is 32.2. The molecule has 0 aliphatic carbocycles. The number of aromatic nitrogens is 4. The van der Waals surface area contributed by atoms with Crippen LogP contribution in [-0.4, -0.2) is 38.0 Å². The zero-order chi connectivity index (χ0) is 18.7. The van der Waals surface area contributed by atoms with Crippen LogP contribution in [0.2, 0.25) is 0 Å². The normalized spacial score (nSPS) is 12.2. The van der Waals surface area contributed by atoms with Crippen molar-refractivity contribution < 1.29 is 9.21 Å². The van der Waals surface area contributed by atoms with Crippen LogP contribution in [0, 0.1) is 13.8 Å². The lowest BCUT2D eigenvalue weighted by molar-refractivity contribution is 0.0708. The number of H-pyrrole nitrogens is 1.